The van der Waals surface area contributed by atoms with Crippen LogP contribution < -0.4 is 10.0 Å². The van der Waals surface area contributed by atoms with E-state index in [9.17, 15) is 13.2 Å². The quantitative estimate of drug-likeness (QED) is 0.428. The minimum Gasteiger partial charge on any atom is -0.322 e. The molecule has 0 saturated carbocycles. The Morgan fingerprint density at radius 2 is 1.94 bits per heavy atom. The number of amides is 1. The van der Waals surface area contributed by atoms with Gasteiger partial charge in [-0.05, 0) is 62.5 Å². The van der Waals surface area contributed by atoms with Gasteiger partial charge in [-0.2, -0.15) is 5.10 Å². The first-order chi connectivity index (χ1) is 15.2. The molecule has 0 atom stereocenters. The summed E-state index contributed by atoms with van der Waals surface area (Å²) in [6.45, 7) is 5.93. The van der Waals surface area contributed by atoms with E-state index in [2.05, 4.69) is 20.1 Å². The van der Waals surface area contributed by atoms with Gasteiger partial charge in [-0.25, -0.2) is 22.8 Å². The van der Waals surface area contributed by atoms with E-state index >= 15 is 0 Å². The molecule has 0 bridgehead atoms. The normalized spacial score (nSPS) is 11.9. The van der Waals surface area contributed by atoms with Crippen molar-refractivity contribution in [3.63, 3.8) is 0 Å². The number of hydrogen-bond donors (Lipinski definition) is 2. The van der Waals surface area contributed by atoms with Crippen LogP contribution in [0.1, 0.15) is 34.8 Å². The average Bonchev–Trinajstić information content (AvgIpc) is 3.37. The second-order valence-electron chi connectivity index (χ2n) is 7.68. The third kappa shape index (κ3) is 4.72. The zero-order valence-corrected chi connectivity index (χ0v) is 19.5. The van der Waals surface area contributed by atoms with Gasteiger partial charge in [0.15, 0.2) is 5.65 Å². The summed E-state index contributed by atoms with van der Waals surface area (Å²) >= 11 is 1.64. The molecule has 1 aromatic carbocycles. The van der Waals surface area contributed by atoms with E-state index < -0.39 is 10.0 Å². The highest BCUT2D eigenvalue weighted by molar-refractivity contribution is 7.89. The number of carbonyl (C=O) groups is 1. The van der Waals surface area contributed by atoms with E-state index in [4.69, 9.17) is 0 Å². The molecule has 4 aromatic rings. The number of pyridine rings is 1. The molecule has 1 amide bonds. The summed E-state index contributed by atoms with van der Waals surface area (Å²) in [5.41, 5.74) is 2.30. The Morgan fingerprint density at radius 1 is 1.19 bits per heavy atom. The molecule has 0 aliphatic rings. The number of carbonyl (C=O) groups excluding carboxylic acids is 1. The van der Waals surface area contributed by atoms with E-state index in [1.807, 2.05) is 24.4 Å². The van der Waals surface area contributed by atoms with Gasteiger partial charge in [0.25, 0.3) is 5.91 Å². The van der Waals surface area contributed by atoms with Crippen LogP contribution in [0.2, 0.25) is 0 Å². The van der Waals surface area contributed by atoms with Crippen LogP contribution in [0.3, 0.4) is 0 Å². The SMILES string of the molecule is Cc1cc(C(=O)Nc2ccc(S(=O)(=O)NC(C)C)cc2)c2cnn(Cc3cccs3)c2n1. The summed E-state index contributed by atoms with van der Waals surface area (Å²) in [4.78, 5) is 18.9. The summed E-state index contributed by atoms with van der Waals surface area (Å²) < 4.78 is 28.9. The van der Waals surface area contributed by atoms with Crippen molar-refractivity contribution in [2.24, 2.45) is 0 Å². The van der Waals surface area contributed by atoms with Crippen LogP contribution in [0.15, 0.2) is 58.9 Å². The Hall–Kier alpha value is -3.08. The molecule has 3 heterocycles. The van der Waals surface area contributed by atoms with Gasteiger partial charge in [0.2, 0.25) is 10.0 Å². The first-order valence-electron chi connectivity index (χ1n) is 10.0. The molecule has 10 heteroatoms. The van der Waals surface area contributed by atoms with Crippen LogP contribution in [0.5, 0.6) is 0 Å². The van der Waals surface area contributed by atoms with Crippen LogP contribution in [-0.2, 0) is 16.6 Å². The summed E-state index contributed by atoms with van der Waals surface area (Å²) in [5, 5.41) is 9.93. The molecule has 0 unspecified atom stereocenters. The zero-order chi connectivity index (χ0) is 22.9. The lowest BCUT2D eigenvalue weighted by Gasteiger charge is -2.11. The molecule has 0 spiro atoms. The largest absolute Gasteiger partial charge is 0.322 e. The lowest BCUT2D eigenvalue weighted by atomic mass is 10.1. The van der Waals surface area contributed by atoms with Gasteiger partial charge in [-0.3, -0.25) is 4.79 Å². The van der Waals surface area contributed by atoms with Gasteiger partial charge in [-0.15, -0.1) is 11.3 Å². The number of sulfonamides is 1. The van der Waals surface area contributed by atoms with E-state index in [0.29, 0.717) is 34.5 Å². The first kappa shape index (κ1) is 22.1. The van der Waals surface area contributed by atoms with E-state index in [-0.39, 0.29) is 16.8 Å². The second kappa shape index (κ2) is 8.81. The molecular formula is C22H23N5O3S2. The molecule has 8 nitrogen and oxygen atoms in total. The molecule has 0 aliphatic carbocycles. The molecule has 0 saturated heterocycles. The number of fused-ring (bicyclic) bond motifs is 1. The Bertz CT molecular complexity index is 1360. The maximum Gasteiger partial charge on any atom is 0.256 e. The number of benzene rings is 1. The molecule has 0 radical (unpaired) electrons. The molecule has 0 fully saturated rings. The predicted octanol–water partition coefficient (Wildman–Crippen LogP) is 3.79. The van der Waals surface area contributed by atoms with E-state index in [1.54, 1.807) is 54.3 Å². The number of thiophene rings is 1. The maximum atomic E-state index is 13.0. The third-order valence-electron chi connectivity index (χ3n) is 4.68. The number of rotatable bonds is 7. The van der Waals surface area contributed by atoms with Gasteiger partial charge in [0, 0.05) is 22.3 Å². The number of aromatic nitrogens is 3. The minimum absolute atomic E-state index is 0.140. The van der Waals surface area contributed by atoms with Crippen LogP contribution in [0, 0.1) is 6.92 Å². The first-order valence-corrected chi connectivity index (χ1v) is 12.4. The highest BCUT2D eigenvalue weighted by Crippen LogP contribution is 2.22. The van der Waals surface area contributed by atoms with Crippen molar-refractivity contribution < 1.29 is 13.2 Å². The van der Waals surface area contributed by atoms with Crippen LogP contribution >= 0.6 is 11.3 Å². The number of aryl methyl sites for hydroxylation is 1. The van der Waals surface area contributed by atoms with Crippen molar-refractivity contribution >= 4 is 44.0 Å². The summed E-state index contributed by atoms with van der Waals surface area (Å²) in [7, 11) is -3.59. The summed E-state index contributed by atoms with van der Waals surface area (Å²) in [5.74, 6) is -0.313. The number of hydrogen-bond acceptors (Lipinski definition) is 6. The molecule has 3 aromatic heterocycles. The van der Waals surface area contributed by atoms with Crippen LogP contribution in [0.25, 0.3) is 11.0 Å². The third-order valence-corrected chi connectivity index (χ3v) is 7.22. The zero-order valence-electron chi connectivity index (χ0n) is 17.9. The van der Waals surface area contributed by atoms with Crippen molar-refractivity contribution in [3.8, 4) is 0 Å². The number of anilines is 1. The minimum atomic E-state index is -3.59. The lowest BCUT2D eigenvalue weighted by Crippen LogP contribution is -2.30. The van der Waals surface area contributed by atoms with Crippen molar-refractivity contribution in [1.29, 1.82) is 0 Å². The smallest absolute Gasteiger partial charge is 0.256 e. The van der Waals surface area contributed by atoms with Gasteiger partial charge in [0.05, 0.1) is 28.6 Å². The maximum absolute atomic E-state index is 13.0. The lowest BCUT2D eigenvalue weighted by molar-refractivity contribution is 0.102. The summed E-state index contributed by atoms with van der Waals surface area (Å²) in [6.07, 6.45) is 1.65. The highest BCUT2D eigenvalue weighted by Gasteiger charge is 2.18. The van der Waals surface area contributed by atoms with E-state index in [0.717, 1.165) is 4.88 Å². The predicted molar refractivity (Wildman–Crippen MR) is 126 cm³/mol. The Kier molecular flexibility index (Phi) is 6.09. The van der Waals surface area contributed by atoms with Crippen molar-refractivity contribution in [2.45, 2.75) is 38.3 Å². The molecule has 2 N–H and O–H groups in total. The van der Waals surface area contributed by atoms with Crippen molar-refractivity contribution in [2.75, 3.05) is 5.32 Å². The Balaban J connectivity index is 1.58. The standard InChI is InChI=1S/C22H23N5O3S2/c1-14(2)26-32(29,30)18-8-6-16(7-9-18)25-22(28)19-11-15(3)24-21-20(19)12-23-27(21)13-17-5-4-10-31-17/h4-12,14,26H,13H2,1-3H3,(H,25,28). The Labute approximate surface area is 190 Å². The van der Waals surface area contributed by atoms with Crippen molar-refractivity contribution in [3.05, 3.63) is 70.2 Å². The number of nitrogens with one attached hydrogen (secondary N) is 2. The highest BCUT2D eigenvalue weighted by atomic mass is 32.2. The fraction of sp³-hybridized carbons (Fsp3) is 0.227. The molecular weight excluding hydrogens is 446 g/mol. The number of nitrogens with zero attached hydrogens (tertiary/aromatic N) is 3. The van der Waals surface area contributed by atoms with Crippen LogP contribution in [-0.4, -0.2) is 35.1 Å². The second-order valence-corrected chi connectivity index (χ2v) is 10.4. The molecule has 166 valence electrons. The fourth-order valence-electron chi connectivity index (χ4n) is 3.32. The average molecular weight is 470 g/mol. The monoisotopic (exact) mass is 469 g/mol. The fourth-order valence-corrected chi connectivity index (χ4v) is 5.26. The van der Waals surface area contributed by atoms with Gasteiger partial charge < -0.3 is 5.32 Å². The molecule has 0 aliphatic heterocycles. The van der Waals surface area contributed by atoms with Gasteiger partial charge in [-0.1, -0.05) is 6.07 Å². The topological polar surface area (TPSA) is 106 Å². The van der Waals surface area contributed by atoms with Crippen molar-refractivity contribution in [1.82, 2.24) is 19.5 Å². The van der Waals surface area contributed by atoms with E-state index in [1.165, 1.54) is 12.1 Å². The van der Waals surface area contributed by atoms with Gasteiger partial charge >= 0.3 is 0 Å². The molecule has 32 heavy (non-hydrogen) atoms. The molecule has 4 rings (SSSR count). The van der Waals surface area contributed by atoms with Crippen LogP contribution in [0.4, 0.5) is 5.69 Å². The Morgan fingerprint density at radius 3 is 2.59 bits per heavy atom. The van der Waals surface area contributed by atoms with Gasteiger partial charge in [0.1, 0.15) is 0 Å². The summed E-state index contributed by atoms with van der Waals surface area (Å²) in [6, 6.07) is 11.6.